The van der Waals surface area contributed by atoms with Crippen molar-refractivity contribution < 1.29 is 0 Å². The van der Waals surface area contributed by atoms with Crippen LogP contribution in [0.3, 0.4) is 0 Å². The first-order valence-electron chi connectivity index (χ1n) is 5.75. The molecule has 1 saturated carbocycles. The molecule has 0 saturated heterocycles. The summed E-state index contributed by atoms with van der Waals surface area (Å²) in [6.45, 7) is 10.5. The normalized spacial score (nSPS) is 21.9. The molecular formula is C12H25N. The van der Waals surface area contributed by atoms with E-state index in [9.17, 15) is 0 Å². The van der Waals surface area contributed by atoms with Gasteiger partial charge in [-0.2, -0.15) is 0 Å². The minimum atomic E-state index is 0.659. The number of hydrogen-bond donors (Lipinski definition) is 1. The van der Waals surface area contributed by atoms with Gasteiger partial charge in [0.1, 0.15) is 0 Å². The lowest BCUT2D eigenvalue weighted by Gasteiger charge is -2.17. The van der Waals surface area contributed by atoms with Crippen LogP contribution in [0.5, 0.6) is 0 Å². The fourth-order valence-corrected chi connectivity index (χ4v) is 1.50. The zero-order valence-electron chi connectivity index (χ0n) is 9.69. The molecule has 0 heterocycles. The maximum atomic E-state index is 3.64. The Morgan fingerprint density at radius 1 is 1.15 bits per heavy atom. The first kappa shape index (κ1) is 11.0. The van der Waals surface area contributed by atoms with Gasteiger partial charge in [-0.15, -0.1) is 0 Å². The van der Waals surface area contributed by atoms with E-state index in [4.69, 9.17) is 0 Å². The Bertz CT molecular complexity index is 147. The van der Waals surface area contributed by atoms with Crippen LogP contribution in [0.1, 0.15) is 53.4 Å². The predicted octanol–water partition coefficient (Wildman–Crippen LogP) is 3.20. The van der Waals surface area contributed by atoms with Gasteiger partial charge in [0, 0.05) is 12.6 Å². The highest BCUT2D eigenvalue weighted by Crippen LogP contribution is 2.44. The summed E-state index contributed by atoms with van der Waals surface area (Å²) in [7, 11) is 0. The van der Waals surface area contributed by atoms with Crippen LogP contribution >= 0.6 is 0 Å². The zero-order valence-corrected chi connectivity index (χ0v) is 9.69. The van der Waals surface area contributed by atoms with Gasteiger partial charge in [0.2, 0.25) is 0 Å². The topological polar surface area (TPSA) is 12.0 Å². The molecule has 1 heteroatoms. The van der Waals surface area contributed by atoms with Crippen molar-refractivity contribution in [3.8, 4) is 0 Å². The molecule has 1 atom stereocenters. The predicted molar refractivity (Wildman–Crippen MR) is 58.9 cm³/mol. The molecule has 0 radical (unpaired) electrons. The van der Waals surface area contributed by atoms with Gasteiger partial charge in [-0.05, 0) is 43.9 Å². The monoisotopic (exact) mass is 183 g/mol. The van der Waals surface area contributed by atoms with Gasteiger partial charge < -0.3 is 5.32 Å². The van der Waals surface area contributed by atoms with E-state index in [1.807, 2.05) is 0 Å². The molecule has 13 heavy (non-hydrogen) atoms. The van der Waals surface area contributed by atoms with Gasteiger partial charge in [-0.1, -0.05) is 20.8 Å². The molecule has 0 aromatic rings. The second-order valence-corrected chi connectivity index (χ2v) is 5.56. The summed E-state index contributed by atoms with van der Waals surface area (Å²) >= 11 is 0. The summed E-state index contributed by atoms with van der Waals surface area (Å²) in [6, 6.07) is 0.708. The lowest BCUT2D eigenvalue weighted by molar-refractivity contribution is 0.407. The van der Waals surface area contributed by atoms with Crippen molar-refractivity contribution in [1.82, 2.24) is 5.32 Å². The highest BCUT2D eigenvalue weighted by Gasteiger charge is 2.36. The SMILES string of the molecule is CC(C)CCC(C)NCC1(C)CC1. The van der Waals surface area contributed by atoms with Crippen molar-refractivity contribution in [1.29, 1.82) is 0 Å². The molecule has 0 aliphatic heterocycles. The summed E-state index contributed by atoms with van der Waals surface area (Å²) in [5, 5.41) is 3.64. The molecule has 78 valence electrons. The van der Waals surface area contributed by atoms with E-state index in [-0.39, 0.29) is 0 Å². The maximum absolute atomic E-state index is 3.64. The molecule has 0 spiro atoms. The molecular weight excluding hydrogens is 158 g/mol. The molecule has 1 aliphatic rings. The minimum Gasteiger partial charge on any atom is -0.314 e. The van der Waals surface area contributed by atoms with Crippen LogP contribution in [0.4, 0.5) is 0 Å². The maximum Gasteiger partial charge on any atom is 0.00390 e. The molecule has 1 rings (SSSR count). The second kappa shape index (κ2) is 4.45. The van der Waals surface area contributed by atoms with E-state index < -0.39 is 0 Å². The lowest BCUT2D eigenvalue weighted by atomic mass is 10.0. The number of hydrogen-bond acceptors (Lipinski definition) is 1. The highest BCUT2D eigenvalue weighted by molar-refractivity contribution is 4.90. The number of nitrogens with one attached hydrogen (secondary N) is 1. The quantitative estimate of drug-likeness (QED) is 0.667. The summed E-state index contributed by atoms with van der Waals surface area (Å²) in [5.41, 5.74) is 0.659. The fraction of sp³-hybridized carbons (Fsp3) is 1.00. The van der Waals surface area contributed by atoms with Crippen LogP contribution in [0.15, 0.2) is 0 Å². The van der Waals surface area contributed by atoms with E-state index in [1.165, 1.54) is 32.2 Å². The van der Waals surface area contributed by atoms with Crippen LogP contribution in [0, 0.1) is 11.3 Å². The second-order valence-electron chi connectivity index (χ2n) is 5.56. The van der Waals surface area contributed by atoms with Crippen LogP contribution in [-0.2, 0) is 0 Å². The molecule has 0 aromatic carbocycles. The average Bonchev–Trinajstić information content (AvgIpc) is 2.77. The summed E-state index contributed by atoms with van der Waals surface area (Å²) < 4.78 is 0. The Hall–Kier alpha value is -0.0400. The summed E-state index contributed by atoms with van der Waals surface area (Å²) in [5.74, 6) is 0.848. The van der Waals surface area contributed by atoms with Crippen molar-refractivity contribution in [2.45, 2.75) is 59.4 Å². The van der Waals surface area contributed by atoms with Crippen LogP contribution in [-0.4, -0.2) is 12.6 Å². The Labute approximate surface area is 83.3 Å². The lowest BCUT2D eigenvalue weighted by Crippen LogP contribution is -2.31. The van der Waals surface area contributed by atoms with Gasteiger partial charge in [0.05, 0.1) is 0 Å². The van der Waals surface area contributed by atoms with Crippen molar-refractivity contribution in [3.05, 3.63) is 0 Å². The molecule has 0 amide bonds. The highest BCUT2D eigenvalue weighted by atomic mass is 14.9. The third-order valence-electron chi connectivity index (χ3n) is 3.16. The Morgan fingerprint density at radius 3 is 2.23 bits per heavy atom. The zero-order chi connectivity index (χ0) is 9.90. The van der Waals surface area contributed by atoms with Crippen molar-refractivity contribution in [2.24, 2.45) is 11.3 Å². The van der Waals surface area contributed by atoms with Crippen LogP contribution < -0.4 is 5.32 Å². The fourth-order valence-electron chi connectivity index (χ4n) is 1.50. The van der Waals surface area contributed by atoms with Gasteiger partial charge in [-0.3, -0.25) is 0 Å². The molecule has 1 nitrogen and oxygen atoms in total. The molecule has 1 N–H and O–H groups in total. The van der Waals surface area contributed by atoms with Gasteiger partial charge in [0.25, 0.3) is 0 Å². The van der Waals surface area contributed by atoms with E-state index in [2.05, 4.69) is 33.0 Å². The Morgan fingerprint density at radius 2 is 1.77 bits per heavy atom. The molecule has 0 bridgehead atoms. The van der Waals surface area contributed by atoms with E-state index in [1.54, 1.807) is 0 Å². The molecule has 1 unspecified atom stereocenters. The standard InChI is InChI=1S/C12H25N/c1-10(2)5-6-11(3)13-9-12(4)7-8-12/h10-11,13H,5-9H2,1-4H3. The number of rotatable bonds is 6. The van der Waals surface area contributed by atoms with Crippen molar-refractivity contribution in [3.63, 3.8) is 0 Å². The first-order valence-corrected chi connectivity index (χ1v) is 5.75. The largest absolute Gasteiger partial charge is 0.314 e. The minimum absolute atomic E-state index is 0.659. The molecule has 0 aromatic heterocycles. The Balaban J connectivity index is 2.00. The van der Waals surface area contributed by atoms with Crippen LogP contribution in [0.25, 0.3) is 0 Å². The molecule has 1 fully saturated rings. The van der Waals surface area contributed by atoms with E-state index >= 15 is 0 Å². The van der Waals surface area contributed by atoms with Crippen LogP contribution in [0.2, 0.25) is 0 Å². The third kappa shape index (κ3) is 4.66. The smallest absolute Gasteiger partial charge is 0.00390 e. The Kier molecular flexibility index (Phi) is 3.78. The van der Waals surface area contributed by atoms with E-state index in [0.29, 0.717) is 11.5 Å². The van der Waals surface area contributed by atoms with Gasteiger partial charge in [0.15, 0.2) is 0 Å². The summed E-state index contributed by atoms with van der Waals surface area (Å²) in [4.78, 5) is 0. The average molecular weight is 183 g/mol. The van der Waals surface area contributed by atoms with Gasteiger partial charge in [-0.25, -0.2) is 0 Å². The van der Waals surface area contributed by atoms with Crippen molar-refractivity contribution in [2.75, 3.05) is 6.54 Å². The van der Waals surface area contributed by atoms with Crippen molar-refractivity contribution >= 4 is 0 Å². The van der Waals surface area contributed by atoms with Gasteiger partial charge >= 0.3 is 0 Å². The summed E-state index contributed by atoms with van der Waals surface area (Å²) in [6.07, 6.45) is 5.53. The first-order chi connectivity index (χ1) is 6.02. The third-order valence-corrected chi connectivity index (χ3v) is 3.16. The van der Waals surface area contributed by atoms with E-state index in [0.717, 1.165) is 5.92 Å². The molecule has 1 aliphatic carbocycles.